The first-order valence-corrected chi connectivity index (χ1v) is 8.04. The Morgan fingerprint density at radius 1 is 1.30 bits per heavy atom. The zero-order valence-corrected chi connectivity index (χ0v) is 12.7. The molecule has 1 N–H and O–H groups in total. The van der Waals surface area contributed by atoms with Crippen LogP contribution in [0.25, 0.3) is 0 Å². The van der Waals surface area contributed by atoms with Gasteiger partial charge in [-0.1, -0.05) is 32.8 Å². The highest BCUT2D eigenvalue weighted by molar-refractivity contribution is 7.89. The number of non-ortho nitro benzene ring substituents is 1. The van der Waals surface area contributed by atoms with Gasteiger partial charge in [0.05, 0.1) is 9.82 Å². The lowest BCUT2D eigenvalue weighted by molar-refractivity contribution is -0.385. The van der Waals surface area contributed by atoms with Gasteiger partial charge in [0.15, 0.2) is 0 Å². The Hall–Kier alpha value is -1.47. The summed E-state index contributed by atoms with van der Waals surface area (Å²) in [6, 6.07) is 3.85. The van der Waals surface area contributed by atoms with E-state index in [0.717, 1.165) is 18.9 Å². The first-order chi connectivity index (χ1) is 9.31. The van der Waals surface area contributed by atoms with Crippen molar-refractivity contribution in [3.63, 3.8) is 0 Å². The molecule has 0 aliphatic heterocycles. The van der Waals surface area contributed by atoms with E-state index in [1.165, 1.54) is 12.1 Å². The molecule has 1 aromatic carbocycles. The van der Waals surface area contributed by atoms with E-state index in [0.29, 0.717) is 12.1 Å². The Labute approximate surface area is 119 Å². The fourth-order valence-corrected chi connectivity index (χ4v) is 3.25. The number of nitrogens with zero attached hydrogens (tertiary/aromatic N) is 1. The third-order valence-electron chi connectivity index (χ3n) is 3.39. The van der Waals surface area contributed by atoms with Crippen LogP contribution < -0.4 is 4.72 Å². The standard InChI is InChI=1S/C13H20N2O4S/c1-4-11(5-2)9-14-20(18,19)13-8-12(15(16)17)7-6-10(13)3/h6-8,11,14H,4-5,9H2,1-3H3. The second-order valence-electron chi connectivity index (χ2n) is 4.74. The van der Waals surface area contributed by atoms with Crippen LogP contribution in [0.1, 0.15) is 32.3 Å². The van der Waals surface area contributed by atoms with E-state index in [-0.39, 0.29) is 16.5 Å². The lowest BCUT2D eigenvalue weighted by Gasteiger charge is -2.14. The number of aryl methyl sites for hydroxylation is 1. The van der Waals surface area contributed by atoms with Gasteiger partial charge in [0.1, 0.15) is 0 Å². The van der Waals surface area contributed by atoms with Crippen molar-refractivity contribution in [2.75, 3.05) is 6.54 Å². The number of sulfonamides is 1. The normalized spacial score (nSPS) is 11.8. The van der Waals surface area contributed by atoms with Crippen molar-refractivity contribution in [1.82, 2.24) is 4.72 Å². The lowest BCUT2D eigenvalue weighted by atomic mass is 10.0. The number of nitro groups is 1. The number of nitrogens with one attached hydrogen (secondary N) is 1. The summed E-state index contributed by atoms with van der Waals surface area (Å²) in [4.78, 5) is 10.1. The maximum Gasteiger partial charge on any atom is 0.270 e. The van der Waals surface area contributed by atoms with Gasteiger partial charge >= 0.3 is 0 Å². The molecule has 0 atom stereocenters. The number of nitro benzene ring substituents is 1. The van der Waals surface area contributed by atoms with Gasteiger partial charge in [-0.05, 0) is 18.4 Å². The predicted octanol–water partition coefficient (Wildman–Crippen LogP) is 2.62. The second kappa shape index (κ2) is 6.81. The first kappa shape index (κ1) is 16.6. The zero-order chi connectivity index (χ0) is 15.3. The summed E-state index contributed by atoms with van der Waals surface area (Å²) in [5, 5.41) is 10.7. The van der Waals surface area contributed by atoms with Crippen LogP contribution in [0, 0.1) is 23.0 Å². The Balaban J connectivity index is 3.03. The zero-order valence-electron chi connectivity index (χ0n) is 11.9. The average Bonchev–Trinajstić information content (AvgIpc) is 2.39. The van der Waals surface area contributed by atoms with Gasteiger partial charge in [0.2, 0.25) is 10.0 Å². The monoisotopic (exact) mass is 300 g/mol. The highest BCUT2D eigenvalue weighted by Gasteiger charge is 2.21. The van der Waals surface area contributed by atoms with Crippen LogP contribution in [0.4, 0.5) is 5.69 Å². The fraction of sp³-hybridized carbons (Fsp3) is 0.538. The second-order valence-corrected chi connectivity index (χ2v) is 6.48. The number of hydrogen-bond acceptors (Lipinski definition) is 4. The topological polar surface area (TPSA) is 89.3 Å². The quantitative estimate of drug-likeness (QED) is 0.619. The molecule has 0 saturated carbocycles. The van der Waals surface area contributed by atoms with E-state index in [1.807, 2.05) is 13.8 Å². The predicted molar refractivity (Wildman–Crippen MR) is 77.1 cm³/mol. The largest absolute Gasteiger partial charge is 0.270 e. The smallest absolute Gasteiger partial charge is 0.258 e. The minimum absolute atomic E-state index is 0.0299. The minimum atomic E-state index is -3.72. The molecule has 0 saturated heterocycles. The molecule has 0 unspecified atom stereocenters. The van der Waals surface area contributed by atoms with E-state index in [1.54, 1.807) is 6.92 Å². The molecule has 0 bridgehead atoms. The Morgan fingerprint density at radius 2 is 1.90 bits per heavy atom. The van der Waals surface area contributed by atoms with Crippen LogP contribution in [-0.2, 0) is 10.0 Å². The molecule has 0 amide bonds. The molecule has 0 aliphatic rings. The fourth-order valence-electron chi connectivity index (χ4n) is 1.87. The Bertz CT molecular complexity index is 580. The molecule has 1 rings (SSSR count). The molecule has 0 radical (unpaired) electrons. The number of benzene rings is 1. The Morgan fingerprint density at radius 3 is 2.40 bits per heavy atom. The third kappa shape index (κ3) is 4.01. The molecular weight excluding hydrogens is 280 g/mol. The van der Waals surface area contributed by atoms with Gasteiger partial charge in [0, 0.05) is 18.7 Å². The highest BCUT2D eigenvalue weighted by atomic mass is 32.2. The van der Waals surface area contributed by atoms with Crippen LogP contribution in [0.15, 0.2) is 23.1 Å². The van der Waals surface area contributed by atoms with E-state index in [2.05, 4.69) is 4.72 Å². The summed E-state index contributed by atoms with van der Waals surface area (Å²) < 4.78 is 27.0. The highest BCUT2D eigenvalue weighted by Crippen LogP contribution is 2.21. The van der Waals surface area contributed by atoms with Crippen molar-refractivity contribution in [2.45, 2.75) is 38.5 Å². The number of hydrogen-bond donors (Lipinski definition) is 1. The van der Waals surface area contributed by atoms with Crippen LogP contribution in [0.5, 0.6) is 0 Å². The number of rotatable bonds is 7. The van der Waals surface area contributed by atoms with E-state index >= 15 is 0 Å². The van der Waals surface area contributed by atoms with E-state index < -0.39 is 14.9 Å². The average molecular weight is 300 g/mol. The molecule has 1 aromatic rings. The Kier molecular flexibility index (Phi) is 5.64. The summed E-state index contributed by atoms with van der Waals surface area (Å²) >= 11 is 0. The SMILES string of the molecule is CCC(CC)CNS(=O)(=O)c1cc([N+](=O)[O-])ccc1C. The molecule has 20 heavy (non-hydrogen) atoms. The summed E-state index contributed by atoms with van der Waals surface area (Å²) in [5.74, 6) is 0.267. The van der Waals surface area contributed by atoms with Crippen molar-refractivity contribution in [2.24, 2.45) is 5.92 Å². The van der Waals surface area contributed by atoms with Gasteiger partial charge in [-0.25, -0.2) is 13.1 Å². The van der Waals surface area contributed by atoms with Gasteiger partial charge in [-0.15, -0.1) is 0 Å². The van der Waals surface area contributed by atoms with Gasteiger partial charge in [-0.3, -0.25) is 10.1 Å². The van der Waals surface area contributed by atoms with Gasteiger partial charge in [-0.2, -0.15) is 0 Å². The van der Waals surface area contributed by atoms with Crippen LogP contribution in [0.2, 0.25) is 0 Å². The molecule has 112 valence electrons. The van der Waals surface area contributed by atoms with Gasteiger partial charge < -0.3 is 0 Å². The molecule has 0 spiro atoms. The lowest BCUT2D eigenvalue weighted by Crippen LogP contribution is -2.29. The summed E-state index contributed by atoms with van der Waals surface area (Å²) in [6.07, 6.45) is 1.76. The molecule has 6 nitrogen and oxygen atoms in total. The summed E-state index contributed by atoms with van der Waals surface area (Å²) in [5.41, 5.74) is 0.270. The van der Waals surface area contributed by atoms with Gasteiger partial charge in [0.25, 0.3) is 5.69 Å². The van der Waals surface area contributed by atoms with Crippen molar-refractivity contribution in [1.29, 1.82) is 0 Å². The minimum Gasteiger partial charge on any atom is -0.258 e. The molecule has 0 aromatic heterocycles. The van der Waals surface area contributed by atoms with Crippen LogP contribution in [0.3, 0.4) is 0 Å². The van der Waals surface area contributed by atoms with Crippen LogP contribution >= 0.6 is 0 Å². The van der Waals surface area contributed by atoms with Crippen molar-refractivity contribution in [3.8, 4) is 0 Å². The molecule has 7 heteroatoms. The van der Waals surface area contributed by atoms with Crippen molar-refractivity contribution >= 4 is 15.7 Å². The van der Waals surface area contributed by atoms with Crippen molar-refractivity contribution < 1.29 is 13.3 Å². The van der Waals surface area contributed by atoms with Crippen LogP contribution in [-0.4, -0.2) is 19.9 Å². The molecule has 0 heterocycles. The van der Waals surface area contributed by atoms with E-state index in [4.69, 9.17) is 0 Å². The third-order valence-corrected chi connectivity index (χ3v) is 4.95. The maximum atomic E-state index is 12.2. The summed E-state index contributed by atoms with van der Waals surface area (Å²) in [6.45, 7) is 5.97. The maximum absolute atomic E-state index is 12.2. The first-order valence-electron chi connectivity index (χ1n) is 6.56. The summed E-state index contributed by atoms with van der Waals surface area (Å²) in [7, 11) is -3.72. The van der Waals surface area contributed by atoms with E-state index in [9.17, 15) is 18.5 Å². The molecular formula is C13H20N2O4S. The molecule has 0 fully saturated rings. The molecule has 0 aliphatic carbocycles. The van der Waals surface area contributed by atoms with Crippen molar-refractivity contribution in [3.05, 3.63) is 33.9 Å².